The number of carbonyl (C=O) groups excluding carboxylic acids is 6. The minimum atomic E-state index is -0.780. The first-order valence-corrected chi connectivity index (χ1v) is 11.5. The quantitative estimate of drug-likeness (QED) is 0.336. The smallest absolute Gasteiger partial charge is 0.346 e. The third-order valence-corrected chi connectivity index (χ3v) is 6.63. The van der Waals surface area contributed by atoms with Crippen LogP contribution in [0.4, 0.5) is 0 Å². The Morgan fingerprint density at radius 1 is 0.611 bits per heavy atom. The average Bonchev–Trinajstić information content (AvgIpc) is 3.34. The molecule has 36 heavy (non-hydrogen) atoms. The molecule has 0 aromatic heterocycles. The lowest BCUT2D eigenvalue weighted by molar-refractivity contribution is 0.0297. The Hall–Kier alpha value is -4.34. The van der Waals surface area contributed by atoms with E-state index >= 15 is 0 Å². The fourth-order valence-electron chi connectivity index (χ4n) is 4.54. The van der Waals surface area contributed by atoms with Crippen molar-refractivity contribution in [1.29, 1.82) is 0 Å². The summed E-state index contributed by atoms with van der Waals surface area (Å²) in [7, 11) is 0. The molecule has 0 unspecified atom stereocenters. The average molecular weight is 492 g/mol. The van der Waals surface area contributed by atoms with E-state index in [2.05, 4.69) is 9.47 Å². The van der Waals surface area contributed by atoms with E-state index < -0.39 is 35.8 Å². The van der Waals surface area contributed by atoms with Crippen molar-refractivity contribution in [3.8, 4) is 0 Å². The summed E-state index contributed by atoms with van der Waals surface area (Å²) in [6.45, 7) is 0.436. The van der Waals surface area contributed by atoms with Crippen LogP contribution < -0.4 is 0 Å². The summed E-state index contributed by atoms with van der Waals surface area (Å²) in [5.74, 6) is -3.88. The molecule has 2 aliphatic heterocycles. The first-order chi connectivity index (χ1) is 17.3. The molecule has 0 spiro atoms. The van der Waals surface area contributed by atoms with E-state index in [9.17, 15) is 28.8 Å². The molecule has 0 N–H and O–H groups in total. The van der Waals surface area contributed by atoms with Crippen LogP contribution in [0.15, 0.2) is 36.4 Å². The maximum absolute atomic E-state index is 12.4. The summed E-state index contributed by atoms with van der Waals surface area (Å²) in [4.78, 5) is 71.2. The maximum atomic E-state index is 12.4. The third kappa shape index (κ3) is 4.49. The molecule has 3 aliphatic rings. The number of carbonyl (C=O) groups is 6. The Morgan fingerprint density at radius 2 is 0.972 bits per heavy atom. The van der Waals surface area contributed by atoms with E-state index in [1.165, 1.54) is 36.4 Å². The van der Waals surface area contributed by atoms with Gasteiger partial charge in [0, 0.05) is 0 Å². The van der Waals surface area contributed by atoms with Crippen molar-refractivity contribution in [1.82, 2.24) is 0 Å². The standard InChI is InChI=1S/C26H20O10/c27-21(15-5-7-17-19(9-15)25(31)35-23(17)29)33-11-13-1-2-14(4-3-13)12-34-22(28)16-6-8-18-20(10-16)26(32)36-24(18)30/h5-10,13-14H,1-4,11-12H2. The van der Waals surface area contributed by atoms with Gasteiger partial charge in [0.25, 0.3) is 0 Å². The highest BCUT2D eigenvalue weighted by Crippen LogP contribution is 2.30. The van der Waals surface area contributed by atoms with E-state index in [1.54, 1.807) is 0 Å². The summed E-state index contributed by atoms with van der Waals surface area (Å²) in [5.41, 5.74) is 0.708. The molecule has 10 heteroatoms. The van der Waals surface area contributed by atoms with Crippen LogP contribution in [0.1, 0.15) is 87.8 Å². The molecular formula is C26H20O10. The molecular weight excluding hydrogens is 472 g/mol. The summed E-state index contributed by atoms with van der Waals surface area (Å²) in [6.07, 6.45) is 3.14. The number of esters is 6. The molecule has 2 heterocycles. The lowest BCUT2D eigenvalue weighted by atomic mass is 9.83. The minimum absolute atomic E-state index is 0.0535. The third-order valence-electron chi connectivity index (χ3n) is 6.63. The van der Waals surface area contributed by atoms with E-state index in [1.807, 2.05) is 0 Å². The topological polar surface area (TPSA) is 139 Å². The van der Waals surface area contributed by atoms with Gasteiger partial charge < -0.3 is 18.9 Å². The Morgan fingerprint density at radius 3 is 1.36 bits per heavy atom. The fourth-order valence-corrected chi connectivity index (χ4v) is 4.54. The second-order valence-electron chi connectivity index (χ2n) is 8.96. The van der Waals surface area contributed by atoms with E-state index in [0.29, 0.717) is 0 Å². The van der Waals surface area contributed by atoms with E-state index in [4.69, 9.17) is 9.47 Å². The highest BCUT2D eigenvalue weighted by Gasteiger charge is 2.32. The van der Waals surface area contributed by atoms with Crippen molar-refractivity contribution >= 4 is 35.8 Å². The minimum Gasteiger partial charge on any atom is -0.462 e. The van der Waals surface area contributed by atoms with Crippen LogP contribution in [0.5, 0.6) is 0 Å². The zero-order chi connectivity index (χ0) is 25.4. The molecule has 0 bridgehead atoms. The second kappa shape index (κ2) is 9.37. The molecule has 1 saturated carbocycles. The Balaban J connectivity index is 1.07. The monoisotopic (exact) mass is 492 g/mol. The Labute approximate surface area is 204 Å². The number of hydrogen-bond acceptors (Lipinski definition) is 10. The van der Waals surface area contributed by atoms with Gasteiger partial charge in [-0.05, 0) is 73.9 Å². The SMILES string of the molecule is O=C(OCC1CCC(COC(=O)c2ccc3c(c2)C(=O)OC3=O)CC1)c1ccc2c(c1)C(=O)OC2=O. The van der Waals surface area contributed by atoms with Gasteiger partial charge in [-0.25, -0.2) is 28.8 Å². The predicted molar refractivity (Wildman–Crippen MR) is 118 cm³/mol. The normalized spacial score (nSPS) is 20.3. The highest BCUT2D eigenvalue weighted by molar-refractivity contribution is 6.16. The lowest BCUT2D eigenvalue weighted by Gasteiger charge is -2.27. The zero-order valence-corrected chi connectivity index (χ0v) is 18.9. The number of rotatable bonds is 6. The molecule has 184 valence electrons. The number of benzene rings is 2. The van der Waals surface area contributed by atoms with E-state index in [-0.39, 0.29) is 58.4 Å². The highest BCUT2D eigenvalue weighted by atomic mass is 16.6. The number of cyclic esters (lactones) is 4. The van der Waals surface area contributed by atoms with Gasteiger partial charge in [0.15, 0.2) is 0 Å². The van der Waals surface area contributed by atoms with Crippen LogP contribution in [0, 0.1) is 11.8 Å². The molecule has 1 aliphatic carbocycles. The molecule has 0 atom stereocenters. The number of ether oxygens (including phenoxy) is 4. The van der Waals surface area contributed by atoms with Crippen LogP contribution >= 0.6 is 0 Å². The van der Waals surface area contributed by atoms with Crippen LogP contribution in [-0.4, -0.2) is 49.0 Å². The van der Waals surface area contributed by atoms with Crippen molar-refractivity contribution in [3.63, 3.8) is 0 Å². The fraction of sp³-hybridized carbons (Fsp3) is 0.308. The summed E-state index contributed by atoms with van der Waals surface area (Å²) < 4.78 is 19.9. The molecule has 5 rings (SSSR count). The van der Waals surface area contributed by atoms with Gasteiger partial charge in [-0.1, -0.05) is 0 Å². The van der Waals surface area contributed by atoms with Gasteiger partial charge in [-0.2, -0.15) is 0 Å². The number of fused-ring (bicyclic) bond motifs is 2. The van der Waals surface area contributed by atoms with Crippen LogP contribution in [-0.2, 0) is 18.9 Å². The molecule has 1 fully saturated rings. The molecule has 0 amide bonds. The molecule has 10 nitrogen and oxygen atoms in total. The van der Waals surface area contributed by atoms with Gasteiger partial charge in [0.05, 0.1) is 46.6 Å². The van der Waals surface area contributed by atoms with Crippen molar-refractivity contribution in [2.75, 3.05) is 13.2 Å². The van der Waals surface area contributed by atoms with Crippen molar-refractivity contribution in [3.05, 3.63) is 69.8 Å². The van der Waals surface area contributed by atoms with Gasteiger partial charge in [-0.15, -0.1) is 0 Å². The molecule has 2 aromatic rings. The largest absolute Gasteiger partial charge is 0.462 e. The van der Waals surface area contributed by atoms with Crippen molar-refractivity contribution < 1.29 is 47.7 Å². The predicted octanol–water partition coefficient (Wildman–Crippen LogP) is 3.13. The van der Waals surface area contributed by atoms with Crippen LogP contribution in [0.2, 0.25) is 0 Å². The first kappa shape index (κ1) is 23.4. The Bertz CT molecular complexity index is 1210. The molecule has 0 saturated heterocycles. The van der Waals surface area contributed by atoms with Gasteiger partial charge >= 0.3 is 35.8 Å². The second-order valence-corrected chi connectivity index (χ2v) is 8.96. The maximum Gasteiger partial charge on any atom is 0.346 e. The molecule has 2 aromatic carbocycles. The lowest BCUT2D eigenvalue weighted by Crippen LogP contribution is -2.24. The van der Waals surface area contributed by atoms with Crippen molar-refractivity contribution in [2.24, 2.45) is 11.8 Å². The summed E-state index contributed by atoms with van der Waals surface area (Å²) in [5, 5.41) is 0. The molecule has 0 radical (unpaired) electrons. The van der Waals surface area contributed by atoms with Gasteiger partial charge in [0.2, 0.25) is 0 Å². The zero-order valence-electron chi connectivity index (χ0n) is 18.9. The van der Waals surface area contributed by atoms with Crippen LogP contribution in [0.25, 0.3) is 0 Å². The summed E-state index contributed by atoms with van der Waals surface area (Å²) >= 11 is 0. The van der Waals surface area contributed by atoms with Gasteiger partial charge in [-0.3, -0.25) is 0 Å². The van der Waals surface area contributed by atoms with Gasteiger partial charge in [0.1, 0.15) is 0 Å². The van der Waals surface area contributed by atoms with Crippen molar-refractivity contribution in [2.45, 2.75) is 25.7 Å². The number of hydrogen-bond donors (Lipinski definition) is 0. The van der Waals surface area contributed by atoms with E-state index in [0.717, 1.165) is 25.7 Å². The Kier molecular flexibility index (Phi) is 6.09. The summed E-state index contributed by atoms with van der Waals surface area (Å²) in [6, 6.07) is 8.21. The van der Waals surface area contributed by atoms with Crippen LogP contribution in [0.3, 0.4) is 0 Å². The first-order valence-electron chi connectivity index (χ1n) is 11.5.